The van der Waals surface area contributed by atoms with Crippen LogP contribution in [0.25, 0.3) is 0 Å². The molecule has 0 unspecified atom stereocenters. The molecule has 0 radical (unpaired) electrons. The number of ether oxygens (including phenoxy) is 1. The molecule has 22 heavy (non-hydrogen) atoms. The van der Waals surface area contributed by atoms with Gasteiger partial charge in [0.2, 0.25) is 0 Å². The van der Waals surface area contributed by atoms with Gasteiger partial charge in [0.05, 0.1) is 18.5 Å². The fourth-order valence-electron chi connectivity index (χ4n) is 2.12. The van der Waals surface area contributed by atoms with E-state index >= 15 is 0 Å². The molecule has 0 fully saturated rings. The van der Waals surface area contributed by atoms with Crippen LogP contribution in [-0.4, -0.2) is 25.3 Å². The van der Waals surface area contributed by atoms with Gasteiger partial charge in [0.1, 0.15) is 5.75 Å². The second-order valence-electron chi connectivity index (χ2n) is 5.19. The minimum Gasteiger partial charge on any atom is -0.496 e. The van der Waals surface area contributed by atoms with E-state index in [2.05, 4.69) is 5.32 Å². The normalized spacial score (nSPS) is 10.5. The molecule has 1 N–H and O–H groups in total. The highest BCUT2D eigenvalue weighted by atomic mass is 32.1. The van der Waals surface area contributed by atoms with Crippen molar-refractivity contribution in [2.24, 2.45) is 0 Å². The largest absolute Gasteiger partial charge is 0.496 e. The van der Waals surface area contributed by atoms with E-state index in [1.54, 1.807) is 31.4 Å². The average Bonchev–Trinajstić information content (AvgIpc) is 3.06. The van der Waals surface area contributed by atoms with Crippen molar-refractivity contribution in [3.05, 3.63) is 51.7 Å². The molecule has 0 atom stereocenters. The van der Waals surface area contributed by atoms with Gasteiger partial charge in [-0.3, -0.25) is 9.59 Å². The zero-order valence-electron chi connectivity index (χ0n) is 12.9. The maximum atomic E-state index is 12.2. The Labute approximate surface area is 134 Å². The number of ketones is 1. The summed E-state index contributed by atoms with van der Waals surface area (Å²) in [5.74, 6) is 0.688. The van der Waals surface area contributed by atoms with E-state index in [9.17, 15) is 9.59 Å². The minimum absolute atomic E-state index is 0.0133. The van der Waals surface area contributed by atoms with Crippen LogP contribution < -0.4 is 10.1 Å². The van der Waals surface area contributed by atoms with Crippen LogP contribution in [0.5, 0.6) is 5.75 Å². The second-order valence-corrected chi connectivity index (χ2v) is 6.14. The number of rotatable bonds is 6. The van der Waals surface area contributed by atoms with Crippen LogP contribution in [0.2, 0.25) is 0 Å². The summed E-state index contributed by atoms with van der Waals surface area (Å²) in [6.07, 6.45) is 0. The lowest BCUT2D eigenvalue weighted by Crippen LogP contribution is -2.29. The molecular weight excluding hydrogens is 298 g/mol. The lowest BCUT2D eigenvalue weighted by molar-refractivity contribution is 0.0906. The van der Waals surface area contributed by atoms with Crippen LogP contribution in [0.3, 0.4) is 0 Å². The van der Waals surface area contributed by atoms with Crippen LogP contribution in [0.4, 0.5) is 0 Å². The molecule has 116 valence electrons. The van der Waals surface area contributed by atoms with E-state index < -0.39 is 0 Å². The van der Waals surface area contributed by atoms with E-state index in [0.717, 1.165) is 11.3 Å². The third-order valence-corrected chi connectivity index (χ3v) is 4.20. The first kappa shape index (κ1) is 16.2. The van der Waals surface area contributed by atoms with Gasteiger partial charge in [-0.2, -0.15) is 0 Å². The summed E-state index contributed by atoms with van der Waals surface area (Å²) in [5.41, 5.74) is 1.56. The Kier molecular flexibility index (Phi) is 5.33. The topological polar surface area (TPSA) is 55.4 Å². The maximum absolute atomic E-state index is 12.2. The number of Topliss-reactive ketones (excluding diaryl/α,β-unsaturated/α-hetero) is 1. The first-order valence-corrected chi connectivity index (χ1v) is 7.93. The van der Waals surface area contributed by atoms with E-state index in [4.69, 9.17) is 4.74 Å². The van der Waals surface area contributed by atoms with E-state index in [1.165, 1.54) is 11.3 Å². The Morgan fingerprint density at radius 1 is 1.27 bits per heavy atom. The van der Waals surface area contributed by atoms with Crippen molar-refractivity contribution in [2.75, 3.05) is 13.7 Å². The zero-order chi connectivity index (χ0) is 16.1. The predicted molar refractivity (Wildman–Crippen MR) is 88.1 cm³/mol. The van der Waals surface area contributed by atoms with Gasteiger partial charge in [-0.1, -0.05) is 19.9 Å². The highest BCUT2D eigenvalue weighted by Gasteiger charge is 2.14. The highest BCUT2D eigenvalue weighted by Crippen LogP contribution is 2.27. The fraction of sp³-hybridized carbons (Fsp3) is 0.294. The summed E-state index contributed by atoms with van der Waals surface area (Å²) in [5, 5.41) is 4.48. The summed E-state index contributed by atoms with van der Waals surface area (Å²) >= 11 is 1.35. The van der Waals surface area contributed by atoms with Crippen LogP contribution in [0.1, 0.15) is 45.4 Å². The lowest BCUT2D eigenvalue weighted by Gasteiger charge is -2.13. The Bertz CT molecular complexity index is 663. The first-order valence-electron chi connectivity index (χ1n) is 7.05. The van der Waals surface area contributed by atoms with Crippen molar-refractivity contribution in [1.29, 1.82) is 0 Å². The third kappa shape index (κ3) is 3.74. The minimum atomic E-state index is -0.221. The molecule has 0 saturated heterocycles. The Balaban J connectivity index is 2.06. The SMILES string of the molecule is COc1ccc(C(=O)CNC(=O)c2cccs2)cc1C(C)C. The average molecular weight is 317 g/mol. The summed E-state index contributed by atoms with van der Waals surface area (Å²) < 4.78 is 5.31. The molecule has 0 aliphatic heterocycles. The van der Waals surface area contributed by atoms with Crippen molar-refractivity contribution in [3.8, 4) is 5.75 Å². The molecule has 1 amide bonds. The van der Waals surface area contributed by atoms with E-state index in [0.29, 0.717) is 10.4 Å². The van der Waals surface area contributed by atoms with Gasteiger partial charge in [-0.25, -0.2) is 0 Å². The Hall–Kier alpha value is -2.14. The highest BCUT2D eigenvalue weighted by molar-refractivity contribution is 7.12. The van der Waals surface area contributed by atoms with E-state index in [1.807, 2.05) is 25.3 Å². The first-order chi connectivity index (χ1) is 10.5. The molecule has 0 aliphatic rings. The van der Waals surface area contributed by atoms with Gasteiger partial charge in [0.25, 0.3) is 5.91 Å². The van der Waals surface area contributed by atoms with Gasteiger partial charge in [-0.05, 0) is 41.1 Å². The van der Waals surface area contributed by atoms with Gasteiger partial charge < -0.3 is 10.1 Å². The smallest absolute Gasteiger partial charge is 0.261 e. The Morgan fingerprint density at radius 3 is 2.64 bits per heavy atom. The molecule has 5 heteroatoms. The molecule has 2 rings (SSSR count). The fourth-order valence-corrected chi connectivity index (χ4v) is 2.76. The number of benzene rings is 1. The quantitative estimate of drug-likeness (QED) is 0.830. The van der Waals surface area contributed by atoms with Crippen molar-refractivity contribution in [2.45, 2.75) is 19.8 Å². The molecule has 2 aromatic rings. The lowest BCUT2D eigenvalue weighted by atomic mass is 9.98. The molecule has 1 aromatic heterocycles. The number of carbonyl (C=O) groups excluding carboxylic acids is 2. The molecule has 1 aromatic carbocycles. The third-order valence-electron chi connectivity index (χ3n) is 3.33. The Morgan fingerprint density at radius 2 is 2.05 bits per heavy atom. The number of amides is 1. The monoisotopic (exact) mass is 317 g/mol. The number of nitrogens with one attached hydrogen (secondary N) is 1. The summed E-state index contributed by atoms with van der Waals surface area (Å²) in [6, 6.07) is 8.89. The van der Waals surface area contributed by atoms with Gasteiger partial charge in [0.15, 0.2) is 5.78 Å². The standard InChI is InChI=1S/C17H19NO3S/c1-11(2)13-9-12(6-7-15(13)21-3)14(19)10-18-17(20)16-5-4-8-22-16/h4-9,11H,10H2,1-3H3,(H,18,20). The maximum Gasteiger partial charge on any atom is 0.261 e. The summed E-state index contributed by atoms with van der Waals surface area (Å²) in [4.78, 5) is 24.7. The molecule has 0 saturated carbocycles. The number of carbonyl (C=O) groups is 2. The van der Waals surface area contributed by atoms with Crippen molar-refractivity contribution in [3.63, 3.8) is 0 Å². The van der Waals surface area contributed by atoms with E-state index in [-0.39, 0.29) is 24.2 Å². The zero-order valence-corrected chi connectivity index (χ0v) is 13.7. The van der Waals surface area contributed by atoms with Gasteiger partial charge in [-0.15, -0.1) is 11.3 Å². The van der Waals surface area contributed by atoms with Crippen LogP contribution in [-0.2, 0) is 0 Å². The molecule has 1 heterocycles. The van der Waals surface area contributed by atoms with Gasteiger partial charge >= 0.3 is 0 Å². The molecule has 0 aliphatic carbocycles. The van der Waals surface area contributed by atoms with Crippen molar-refractivity contribution < 1.29 is 14.3 Å². The summed E-state index contributed by atoms with van der Waals surface area (Å²) in [7, 11) is 1.62. The predicted octanol–water partition coefficient (Wildman–Crippen LogP) is 3.49. The molecule has 0 bridgehead atoms. The van der Waals surface area contributed by atoms with Crippen molar-refractivity contribution in [1.82, 2.24) is 5.32 Å². The van der Waals surface area contributed by atoms with Crippen LogP contribution in [0, 0.1) is 0 Å². The number of methoxy groups -OCH3 is 1. The van der Waals surface area contributed by atoms with Gasteiger partial charge in [0, 0.05) is 5.56 Å². The van der Waals surface area contributed by atoms with Crippen LogP contribution in [0.15, 0.2) is 35.7 Å². The number of hydrogen-bond acceptors (Lipinski definition) is 4. The summed E-state index contributed by atoms with van der Waals surface area (Å²) in [6.45, 7) is 4.08. The molecule has 4 nitrogen and oxygen atoms in total. The molecule has 0 spiro atoms. The number of thiophene rings is 1. The van der Waals surface area contributed by atoms with Crippen LogP contribution >= 0.6 is 11.3 Å². The second kappa shape index (κ2) is 7.22. The molecular formula is C17H19NO3S. The number of hydrogen-bond donors (Lipinski definition) is 1. The van der Waals surface area contributed by atoms with Crippen molar-refractivity contribution >= 4 is 23.0 Å².